The first kappa shape index (κ1) is 16.9. The number of carbonyl (C=O) groups is 1. The van der Waals surface area contributed by atoms with Crippen LogP contribution in [0.5, 0.6) is 0 Å². The smallest absolute Gasteiger partial charge is 0.221 e. The normalized spacial score (nSPS) is 15.7. The minimum absolute atomic E-state index is 0.116. The fraction of sp³-hybridized carbons (Fsp3) is 0.588. The predicted octanol–water partition coefficient (Wildman–Crippen LogP) is 0.923. The number of benzene rings is 1. The first-order valence-electron chi connectivity index (χ1n) is 8.07. The number of rotatable bonds is 8. The Labute approximate surface area is 133 Å². The quantitative estimate of drug-likeness (QED) is 0.702. The molecule has 1 amide bonds. The number of amides is 1. The summed E-state index contributed by atoms with van der Waals surface area (Å²) in [5.41, 5.74) is 2.52. The Bertz CT molecular complexity index is 459. The van der Waals surface area contributed by atoms with E-state index in [0.717, 1.165) is 45.9 Å². The minimum Gasteiger partial charge on any atom is -0.379 e. The van der Waals surface area contributed by atoms with E-state index < -0.39 is 0 Å². The fourth-order valence-electron chi connectivity index (χ4n) is 2.52. The van der Waals surface area contributed by atoms with Gasteiger partial charge in [0.2, 0.25) is 5.91 Å². The molecule has 0 atom stereocenters. The van der Waals surface area contributed by atoms with Gasteiger partial charge in [-0.2, -0.15) is 0 Å². The van der Waals surface area contributed by atoms with Crippen LogP contribution in [0.25, 0.3) is 0 Å². The molecule has 1 aromatic rings. The van der Waals surface area contributed by atoms with Crippen molar-refractivity contribution in [1.82, 2.24) is 15.5 Å². The zero-order valence-corrected chi connectivity index (χ0v) is 13.4. The van der Waals surface area contributed by atoms with E-state index in [0.29, 0.717) is 13.0 Å². The van der Waals surface area contributed by atoms with Crippen LogP contribution < -0.4 is 10.6 Å². The molecule has 1 fully saturated rings. The third kappa shape index (κ3) is 6.56. The Hall–Kier alpha value is -1.43. The van der Waals surface area contributed by atoms with Gasteiger partial charge < -0.3 is 15.4 Å². The number of morpholine rings is 1. The van der Waals surface area contributed by atoms with E-state index in [2.05, 4.69) is 46.7 Å². The second-order valence-corrected chi connectivity index (χ2v) is 5.72. The number of hydrogen-bond donors (Lipinski definition) is 2. The molecule has 5 nitrogen and oxygen atoms in total. The summed E-state index contributed by atoms with van der Waals surface area (Å²) in [5, 5.41) is 6.29. The van der Waals surface area contributed by atoms with Gasteiger partial charge in [0, 0.05) is 45.7 Å². The van der Waals surface area contributed by atoms with Gasteiger partial charge in [-0.25, -0.2) is 0 Å². The molecule has 0 radical (unpaired) electrons. The van der Waals surface area contributed by atoms with Crippen molar-refractivity contribution >= 4 is 5.91 Å². The molecule has 1 saturated heterocycles. The summed E-state index contributed by atoms with van der Waals surface area (Å²) in [6, 6.07) is 8.41. The van der Waals surface area contributed by atoms with Crippen molar-refractivity contribution in [1.29, 1.82) is 0 Å². The summed E-state index contributed by atoms with van der Waals surface area (Å²) in [6.45, 7) is 8.77. The Morgan fingerprint density at radius 1 is 1.27 bits per heavy atom. The second kappa shape index (κ2) is 9.56. The van der Waals surface area contributed by atoms with E-state index in [4.69, 9.17) is 4.74 Å². The molecule has 0 aliphatic carbocycles. The van der Waals surface area contributed by atoms with Crippen LogP contribution in [0.4, 0.5) is 0 Å². The van der Waals surface area contributed by atoms with Crippen LogP contribution in [0.2, 0.25) is 0 Å². The maximum Gasteiger partial charge on any atom is 0.221 e. The molecular weight excluding hydrogens is 278 g/mol. The molecular formula is C17H27N3O2. The maximum absolute atomic E-state index is 11.8. The SMILES string of the molecule is Cc1cccc(CNCCC(=O)NCCN2CCOCC2)c1. The van der Waals surface area contributed by atoms with Crippen LogP contribution in [0.1, 0.15) is 17.5 Å². The minimum atomic E-state index is 0.116. The number of aryl methyl sites for hydroxylation is 1. The highest BCUT2D eigenvalue weighted by molar-refractivity contribution is 5.76. The van der Waals surface area contributed by atoms with Crippen LogP contribution in [-0.2, 0) is 16.1 Å². The summed E-state index contributed by atoms with van der Waals surface area (Å²) in [5.74, 6) is 0.116. The van der Waals surface area contributed by atoms with E-state index >= 15 is 0 Å². The zero-order valence-electron chi connectivity index (χ0n) is 13.4. The summed E-state index contributed by atoms with van der Waals surface area (Å²) in [7, 11) is 0. The van der Waals surface area contributed by atoms with Gasteiger partial charge in [0.25, 0.3) is 0 Å². The van der Waals surface area contributed by atoms with E-state index in [9.17, 15) is 4.79 Å². The van der Waals surface area contributed by atoms with E-state index in [1.165, 1.54) is 11.1 Å². The number of hydrogen-bond acceptors (Lipinski definition) is 4. The maximum atomic E-state index is 11.8. The van der Waals surface area contributed by atoms with Crippen LogP contribution in [0.3, 0.4) is 0 Å². The third-order valence-electron chi connectivity index (χ3n) is 3.79. The van der Waals surface area contributed by atoms with E-state index in [1.54, 1.807) is 0 Å². The van der Waals surface area contributed by atoms with Crippen molar-refractivity contribution in [3.63, 3.8) is 0 Å². The van der Waals surface area contributed by atoms with Crippen LogP contribution in [-0.4, -0.2) is 56.7 Å². The monoisotopic (exact) mass is 305 g/mol. The van der Waals surface area contributed by atoms with Gasteiger partial charge in [-0.1, -0.05) is 29.8 Å². The molecule has 0 aromatic heterocycles. The average molecular weight is 305 g/mol. The van der Waals surface area contributed by atoms with Crippen LogP contribution >= 0.6 is 0 Å². The van der Waals surface area contributed by atoms with E-state index in [1.807, 2.05) is 0 Å². The van der Waals surface area contributed by atoms with Crippen molar-refractivity contribution in [3.8, 4) is 0 Å². The molecule has 0 spiro atoms. The molecule has 1 aliphatic heterocycles. The summed E-state index contributed by atoms with van der Waals surface area (Å²) < 4.78 is 5.30. The largest absolute Gasteiger partial charge is 0.379 e. The highest BCUT2D eigenvalue weighted by Crippen LogP contribution is 2.03. The number of ether oxygens (including phenoxy) is 1. The first-order valence-corrected chi connectivity index (χ1v) is 8.07. The van der Waals surface area contributed by atoms with Crippen molar-refractivity contribution < 1.29 is 9.53 Å². The summed E-state index contributed by atoms with van der Waals surface area (Å²) in [6.07, 6.45) is 0.523. The Morgan fingerprint density at radius 2 is 2.09 bits per heavy atom. The molecule has 0 unspecified atom stereocenters. The first-order chi connectivity index (χ1) is 10.7. The lowest BCUT2D eigenvalue weighted by molar-refractivity contribution is -0.121. The van der Waals surface area contributed by atoms with Gasteiger partial charge >= 0.3 is 0 Å². The van der Waals surface area contributed by atoms with Crippen molar-refractivity contribution in [2.45, 2.75) is 19.9 Å². The lowest BCUT2D eigenvalue weighted by Gasteiger charge is -2.26. The zero-order chi connectivity index (χ0) is 15.6. The summed E-state index contributed by atoms with van der Waals surface area (Å²) in [4.78, 5) is 14.1. The van der Waals surface area contributed by atoms with Crippen LogP contribution in [0, 0.1) is 6.92 Å². The van der Waals surface area contributed by atoms with Gasteiger partial charge in [0.1, 0.15) is 0 Å². The highest BCUT2D eigenvalue weighted by atomic mass is 16.5. The topological polar surface area (TPSA) is 53.6 Å². The molecule has 5 heteroatoms. The Balaban J connectivity index is 1.50. The standard InChI is InChI=1S/C17H27N3O2/c1-15-3-2-4-16(13-15)14-18-6-5-17(21)19-7-8-20-9-11-22-12-10-20/h2-4,13,18H,5-12,14H2,1H3,(H,19,21). The lowest BCUT2D eigenvalue weighted by Crippen LogP contribution is -2.41. The molecule has 2 rings (SSSR count). The number of carbonyl (C=O) groups excluding carboxylic acids is 1. The van der Waals surface area contributed by atoms with Gasteiger partial charge in [-0.3, -0.25) is 9.69 Å². The molecule has 22 heavy (non-hydrogen) atoms. The average Bonchev–Trinajstić information content (AvgIpc) is 2.53. The van der Waals surface area contributed by atoms with Gasteiger partial charge in [0.05, 0.1) is 13.2 Å². The fourth-order valence-corrected chi connectivity index (χ4v) is 2.52. The highest BCUT2D eigenvalue weighted by Gasteiger charge is 2.09. The third-order valence-corrected chi connectivity index (χ3v) is 3.79. The Kier molecular flexibility index (Phi) is 7.36. The lowest BCUT2D eigenvalue weighted by atomic mass is 10.1. The number of nitrogens with zero attached hydrogens (tertiary/aromatic N) is 1. The van der Waals surface area contributed by atoms with E-state index in [-0.39, 0.29) is 5.91 Å². The molecule has 1 aliphatic rings. The van der Waals surface area contributed by atoms with Crippen molar-refractivity contribution in [3.05, 3.63) is 35.4 Å². The second-order valence-electron chi connectivity index (χ2n) is 5.72. The van der Waals surface area contributed by atoms with Crippen LogP contribution in [0.15, 0.2) is 24.3 Å². The molecule has 1 aromatic carbocycles. The van der Waals surface area contributed by atoms with Gasteiger partial charge in [0.15, 0.2) is 0 Å². The van der Waals surface area contributed by atoms with Gasteiger partial charge in [-0.05, 0) is 12.5 Å². The molecule has 0 saturated carbocycles. The Morgan fingerprint density at radius 3 is 2.86 bits per heavy atom. The molecule has 2 N–H and O–H groups in total. The van der Waals surface area contributed by atoms with Crippen molar-refractivity contribution in [2.75, 3.05) is 45.9 Å². The predicted molar refractivity (Wildman–Crippen MR) is 87.8 cm³/mol. The summed E-state index contributed by atoms with van der Waals surface area (Å²) >= 11 is 0. The van der Waals surface area contributed by atoms with Gasteiger partial charge in [-0.15, -0.1) is 0 Å². The molecule has 1 heterocycles. The molecule has 0 bridgehead atoms. The number of nitrogens with one attached hydrogen (secondary N) is 2. The molecule has 122 valence electrons. The van der Waals surface area contributed by atoms with Crippen molar-refractivity contribution in [2.24, 2.45) is 0 Å².